The van der Waals surface area contributed by atoms with Crippen LogP contribution in [0, 0.1) is 0 Å². The van der Waals surface area contributed by atoms with Crippen molar-refractivity contribution >= 4 is 51.3 Å². The maximum absolute atomic E-state index is 6.14. The molecule has 0 unspecified atom stereocenters. The van der Waals surface area contributed by atoms with E-state index in [0.29, 0.717) is 5.02 Å². The third-order valence-electron chi connectivity index (χ3n) is 2.15. The van der Waals surface area contributed by atoms with Crippen LogP contribution in [0.25, 0.3) is 0 Å². The van der Waals surface area contributed by atoms with E-state index in [1.54, 1.807) is 11.3 Å². The molecule has 2 aromatic rings. The van der Waals surface area contributed by atoms with Gasteiger partial charge in [-0.3, -0.25) is 0 Å². The number of nitrogens with two attached hydrogens (primary N) is 1. The molecule has 1 nitrogen and oxygen atoms in total. The summed E-state index contributed by atoms with van der Waals surface area (Å²) >= 11 is 11.2. The minimum absolute atomic E-state index is 0. The fraction of sp³-hybridized carbons (Fsp3) is 0.0909. The second-order valence-corrected chi connectivity index (χ2v) is 5.46. The Morgan fingerprint density at radius 1 is 1.31 bits per heavy atom. The van der Waals surface area contributed by atoms with E-state index in [2.05, 4.69) is 15.9 Å². The normalized spacial score (nSPS) is 11.9. The van der Waals surface area contributed by atoms with Crippen molar-refractivity contribution in [1.82, 2.24) is 0 Å². The summed E-state index contributed by atoms with van der Waals surface area (Å²) in [6, 6.07) is 9.65. The van der Waals surface area contributed by atoms with Crippen molar-refractivity contribution in [1.29, 1.82) is 0 Å². The molecule has 16 heavy (non-hydrogen) atoms. The number of thiophene rings is 1. The van der Waals surface area contributed by atoms with E-state index in [1.807, 2.05) is 35.7 Å². The molecule has 1 atom stereocenters. The highest BCUT2D eigenvalue weighted by Gasteiger charge is 2.13. The highest BCUT2D eigenvalue weighted by molar-refractivity contribution is 9.10. The number of halogens is 3. The van der Waals surface area contributed by atoms with Crippen LogP contribution in [-0.2, 0) is 0 Å². The van der Waals surface area contributed by atoms with E-state index < -0.39 is 0 Å². The Kier molecular flexibility index (Phi) is 5.28. The van der Waals surface area contributed by atoms with E-state index >= 15 is 0 Å². The molecule has 0 saturated heterocycles. The molecule has 0 saturated carbocycles. The summed E-state index contributed by atoms with van der Waals surface area (Å²) in [5.74, 6) is 0. The van der Waals surface area contributed by atoms with Gasteiger partial charge in [0.15, 0.2) is 0 Å². The Labute approximate surface area is 118 Å². The van der Waals surface area contributed by atoms with E-state index in [4.69, 9.17) is 17.3 Å². The van der Waals surface area contributed by atoms with Crippen molar-refractivity contribution in [2.24, 2.45) is 5.73 Å². The second kappa shape index (κ2) is 6.03. The smallest absolute Gasteiger partial charge is 0.0660 e. The van der Waals surface area contributed by atoms with Crippen molar-refractivity contribution in [2.75, 3.05) is 0 Å². The summed E-state index contributed by atoms with van der Waals surface area (Å²) in [5, 5.41) is 2.72. The molecule has 0 aliphatic rings. The summed E-state index contributed by atoms with van der Waals surface area (Å²) < 4.78 is 0.967. The lowest BCUT2D eigenvalue weighted by Crippen LogP contribution is -2.10. The number of hydrogen-bond donors (Lipinski definition) is 1. The van der Waals surface area contributed by atoms with Crippen LogP contribution in [0.1, 0.15) is 16.5 Å². The topological polar surface area (TPSA) is 26.0 Å². The fourth-order valence-corrected chi connectivity index (χ4v) is 2.91. The standard InChI is InChI=1S/C11H9BrClNS.ClH/c12-7-3-4-8(9(13)6-7)11(14)10-2-1-5-15-10;/h1-6,11H,14H2;1H/t11-;/m0./s1. The van der Waals surface area contributed by atoms with Gasteiger partial charge < -0.3 is 5.73 Å². The molecule has 5 heteroatoms. The molecular formula is C11H10BrCl2NS. The molecule has 0 aliphatic carbocycles. The highest BCUT2D eigenvalue weighted by Crippen LogP contribution is 2.30. The van der Waals surface area contributed by atoms with Gasteiger partial charge >= 0.3 is 0 Å². The van der Waals surface area contributed by atoms with Gasteiger partial charge in [0.1, 0.15) is 0 Å². The van der Waals surface area contributed by atoms with Crippen LogP contribution in [0.15, 0.2) is 40.2 Å². The summed E-state index contributed by atoms with van der Waals surface area (Å²) in [6.07, 6.45) is 0. The molecule has 0 radical (unpaired) electrons. The Morgan fingerprint density at radius 3 is 2.62 bits per heavy atom. The SMILES string of the molecule is Cl.N[C@H](c1cccs1)c1ccc(Br)cc1Cl. The van der Waals surface area contributed by atoms with E-state index in [0.717, 1.165) is 14.9 Å². The fourth-order valence-electron chi connectivity index (χ4n) is 1.38. The molecule has 1 heterocycles. The van der Waals surface area contributed by atoms with Gasteiger partial charge in [0.25, 0.3) is 0 Å². The van der Waals surface area contributed by atoms with Crippen LogP contribution in [0.5, 0.6) is 0 Å². The monoisotopic (exact) mass is 337 g/mol. The van der Waals surface area contributed by atoms with Crippen molar-refractivity contribution in [2.45, 2.75) is 6.04 Å². The maximum Gasteiger partial charge on any atom is 0.0660 e. The molecule has 86 valence electrons. The first-order valence-corrected chi connectivity index (χ1v) is 6.47. The quantitative estimate of drug-likeness (QED) is 0.848. The molecule has 0 fully saturated rings. The summed E-state index contributed by atoms with van der Waals surface area (Å²) in [4.78, 5) is 1.12. The molecule has 1 aromatic carbocycles. The second-order valence-electron chi connectivity index (χ2n) is 3.16. The lowest BCUT2D eigenvalue weighted by Gasteiger charge is -2.12. The molecule has 1 aromatic heterocycles. The first kappa shape index (κ1) is 14.0. The minimum Gasteiger partial charge on any atom is -0.320 e. The van der Waals surface area contributed by atoms with Crippen LogP contribution in [0.4, 0.5) is 0 Å². The van der Waals surface area contributed by atoms with Crippen molar-refractivity contribution < 1.29 is 0 Å². The third kappa shape index (κ3) is 2.99. The molecule has 0 spiro atoms. The molecule has 2 N–H and O–H groups in total. The number of benzene rings is 1. The highest BCUT2D eigenvalue weighted by atomic mass is 79.9. The molecule has 0 amide bonds. The van der Waals surface area contributed by atoms with Crippen molar-refractivity contribution in [3.63, 3.8) is 0 Å². The van der Waals surface area contributed by atoms with E-state index in [-0.39, 0.29) is 18.4 Å². The molecule has 0 aliphatic heterocycles. The average molecular weight is 339 g/mol. The van der Waals surface area contributed by atoms with Crippen molar-refractivity contribution in [3.8, 4) is 0 Å². The zero-order valence-corrected chi connectivity index (χ0v) is 12.2. The summed E-state index contributed by atoms with van der Waals surface area (Å²) in [6.45, 7) is 0. The van der Waals surface area contributed by atoms with Crippen LogP contribution in [-0.4, -0.2) is 0 Å². The van der Waals surface area contributed by atoms with Gasteiger partial charge in [0, 0.05) is 14.4 Å². The lowest BCUT2D eigenvalue weighted by molar-refractivity contribution is 0.893. The van der Waals surface area contributed by atoms with Crippen LogP contribution >= 0.6 is 51.3 Å². The molecular weight excluding hydrogens is 329 g/mol. The predicted octanol–water partition coefficient (Wildman–Crippen LogP) is 4.63. The van der Waals surface area contributed by atoms with Gasteiger partial charge in [0.05, 0.1) is 6.04 Å². The number of rotatable bonds is 2. The van der Waals surface area contributed by atoms with Crippen LogP contribution in [0.2, 0.25) is 5.02 Å². The van der Waals surface area contributed by atoms with E-state index in [9.17, 15) is 0 Å². The number of hydrogen-bond acceptors (Lipinski definition) is 2. The van der Waals surface area contributed by atoms with Gasteiger partial charge in [-0.05, 0) is 29.1 Å². The minimum atomic E-state index is -0.134. The molecule has 2 rings (SSSR count). The summed E-state index contributed by atoms with van der Waals surface area (Å²) in [7, 11) is 0. The Bertz CT molecular complexity index is 459. The first-order valence-electron chi connectivity index (χ1n) is 4.42. The predicted molar refractivity (Wildman–Crippen MR) is 76.7 cm³/mol. The Hall–Kier alpha value is -0.0600. The zero-order valence-electron chi connectivity index (χ0n) is 8.19. The van der Waals surface area contributed by atoms with Gasteiger partial charge in [-0.25, -0.2) is 0 Å². The zero-order chi connectivity index (χ0) is 10.8. The van der Waals surface area contributed by atoms with Gasteiger partial charge in [-0.1, -0.05) is 39.7 Å². The van der Waals surface area contributed by atoms with Crippen LogP contribution < -0.4 is 5.73 Å². The average Bonchev–Trinajstić information content (AvgIpc) is 2.69. The molecule has 0 bridgehead atoms. The van der Waals surface area contributed by atoms with Gasteiger partial charge in [0.2, 0.25) is 0 Å². The van der Waals surface area contributed by atoms with Crippen molar-refractivity contribution in [3.05, 3.63) is 55.6 Å². The third-order valence-corrected chi connectivity index (χ3v) is 3.92. The summed E-state index contributed by atoms with van der Waals surface area (Å²) in [5.41, 5.74) is 7.08. The Balaban J connectivity index is 0.00000128. The largest absolute Gasteiger partial charge is 0.320 e. The van der Waals surface area contributed by atoms with Gasteiger partial charge in [-0.2, -0.15) is 0 Å². The van der Waals surface area contributed by atoms with Crippen LogP contribution in [0.3, 0.4) is 0 Å². The maximum atomic E-state index is 6.14. The lowest BCUT2D eigenvalue weighted by atomic mass is 10.1. The Morgan fingerprint density at radius 2 is 2.06 bits per heavy atom. The van der Waals surface area contributed by atoms with E-state index in [1.165, 1.54) is 0 Å². The van der Waals surface area contributed by atoms with Gasteiger partial charge in [-0.15, -0.1) is 23.7 Å². The first-order chi connectivity index (χ1) is 7.18.